The molecule has 0 saturated carbocycles. The molecule has 0 heterocycles. The Morgan fingerprint density at radius 2 is 1.89 bits per heavy atom. The maximum absolute atomic E-state index is 2.30. The van der Waals surface area contributed by atoms with Gasteiger partial charge in [0.1, 0.15) is 0 Å². The van der Waals surface area contributed by atoms with Crippen LogP contribution in [-0.2, 0) is 6.42 Å². The lowest BCUT2D eigenvalue weighted by atomic mass is 9.85. The van der Waals surface area contributed by atoms with Crippen LogP contribution in [0.25, 0.3) is 22.9 Å². The molecule has 0 unspecified atom stereocenters. The van der Waals surface area contributed by atoms with Gasteiger partial charge >= 0.3 is 0 Å². The van der Waals surface area contributed by atoms with Crippen LogP contribution in [0.5, 0.6) is 0 Å². The Balaban J connectivity index is 2.48. The van der Waals surface area contributed by atoms with Gasteiger partial charge in [-0.25, -0.2) is 0 Å². The molecular weight excluding hydrogens is 216 g/mol. The Bertz CT molecular complexity index is 657. The zero-order valence-corrected chi connectivity index (χ0v) is 11.0. The average molecular weight is 234 g/mol. The van der Waals surface area contributed by atoms with Crippen LogP contribution in [0, 0.1) is 6.92 Å². The molecule has 3 rings (SSSR count). The lowest BCUT2D eigenvalue weighted by Crippen LogP contribution is -2.01. The third-order valence-corrected chi connectivity index (χ3v) is 3.85. The average Bonchev–Trinajstić information content (AvgIpc) is 2.43. The lowest BCUT2D eigenvalue weighted by molar-refractivity contribution is 0.983. The van der Waals surface area contributed by atoms with Gasteiger partial charge in [-0.2, -0.15) is 0 Å². The molecule has 0 saturated heterocycles. The largest absolute Gasteiger partial charge is 0.0870 e. The quantitative estimate of drug-likeness (QED) is 0.641. The smallest absolute Gasteiger partial charge is 0.0106 e. The molecule has 0 aromatic heterocycles. The molecule has 18 heavy (non-hydrogen) atoms. The lowest BCUT2D eigenvalue weighted by Gasteiger charge is -2.19. The Hall–Kier alpha value is -1.82. The van der Waals surface area contributed by atoms with Gasteiger partial charge < -0.3 is 0 Å². The highest BCUT2D eigenvalue weighted by Gasteiger charge is 2.15. The van der Waals surface area contributed by atoms with Crippen LogP contribution in [0.1, 0.15) is 35.6 Å². The van der Waals surface area contributed by atoms with E-state index in [4.69, 9.17) is 0 Å². The van der Waals surface area contributed by atoms with E-state index in [-0.39, 0.29) is 0 Å². The van der Waals surface area contributed by atoms with Gasteiger partial charge in [-0.05, 0) is 59.7 Å². The Kier molecular flexibility index (Phi) is 2.79. The van der Waals surface area contributed by atoms with E-state index in [2.05, 4.69) is 62.4 Å². The first-order chi connectivity index (χ1) is 8.83. The second kappa shape index (κ2) is 4.45. The summed E-state index contributed by atoms with van der Waals surface area (Å²) in [5, 5.41) is 2.78. The fourth-order valence-electron chi connectivity index (χ4n) is 3.00. The summed E-state index contributed by atoms with van der Waals surface area (Å²) < 4.78 is 0. The third-order valence-electron chi connectivity index (χ3n) is 3.85. The second-order valence-corrected chi connectivity index (χ2v) is 4.92. The van der Waals surface area contributed by atoms with Crippen LogP contribution in [0.2, 0.25) is 0 Å². The summed E-state index contributed by atoms with van der Waals surface area (Å²) in [7, 11) is 0. The molecular formula is C18H18. The number of hydrogen-bond acceptors (Lipinski definition) is 0. The monoisotopic (exact) mass is 234 g/mol. The van der Waals surface area contributed by atoms with Gasteiger partial charge in [-0.1, -0.05) is 48.6 Å². The van der Waals surface area contributed by atoms with Gasteiger partial charge in [0, 0.05) is 0 Å². The van der Waals surface area contributed by atoms with E-state index >= 15 is 0 Å². The standard InChI is InChI=1S/C18H18/c1-3-8-14-13(2)15-9-4-5-11-17(15)18-12-7-6-10-16(14)18/h3-5,7-9,11-12H,6,10H2,1-2H3. The summed E-state index contributed by atoms with van der Waals surface area (Å²) in [6.45, 7) is 4.34. The summed E-state index contributed by atoms with van der Waals surface area (Å²) in [6, 6.07) is 8.75. The normalized spacial score (nSPS) is 14.3. The molecule has 0 bridgehead atoms. The summed E-state index contributed by atoms with van der Waals surface area (Å²) in [5.74, 6) is 0. The van der Waals surface area contributed by atoms with E-state index in [0.29, 0.717) is 0 Å². The van der Waals surface area contributed by atoms with E-state index in [1.54, 1.807) is 0 Å². The predicted molar refractivity (Wildman–Crippen MR) is 80.7 cm³/mol. The van der Waals surface area contributed by atoms with Gasteiger partial charge in [-0.15, -0.1) is 0 Å². The van der Waals surface area contributed by atoms with Gasteiger partial charge in [0.05, 0.1) is 0 Å². The fraction of sp³-hybridized carbons (Fsp3) is 0.222. The zero-order valence-electron chi connectivity index (χ0n) is 11.0. The van der Waals surface area contributed by atoms with Crippen molar-refractivity contribution in [3.8, 4) is 0 Å². The van der Waals surface area contributed by atoms with Gasteiger partial charge in [0.2, 0.25) is 0 Å². The number of aryl methyl sites for hydroxylation is 1. The van der Waals surface area contributed by atoms with Crippen LogP contribution < -0.4 is 0 Å². The molecule has 0 amide bonds. The van der Waals surface area contributed by atoms with E-state index in [9.17, 15) is 0 Å². The van der Waals surface area contributed by atoms with Gasteiger partial charge in [-0.3, -0.25) is 0 Å². The third kappa shape index (κ3) is 1.60. The summed E-state index contributed by atoms with van der Waals surface area (Å²) >= 11 is 0. The summed E-state index contributed by atoms with van der Waals surface area (Å²) in [4.78, 5) is 0. The SMILES string of the molecule is CC=Cc1c2c(c3ccccc3c1C)C=CCC2. The predicted octanol–water partition coefficient (Wildman–Crippen LogP) is 5.14. The van der Waals surface area contributed by atoms with E-state index in [1.807, 2.05) is 0 Å². The highest BCUT2D eigenvalue weighted by atomic mass is 14.2. The minimum atomic E-state index is 1.16. The number of allylic oxidation sites excluding steroid dienone is 2. The molecule has 2 aromatic rings. The molecule has 0 N–H and O–H groups in total. The highest BCUT2D eigenvalue weighted by molar-refractivity contribution is 5.97. The first-order valence-corrected chi connectivity index (χ1v) is 6.66. The summed E-state index contributed by atoms with van der Waals surface area (Å²) in [6.07, 6.45) is 11.3. The number of rotatable bonds is 1. The molecule has 1 aliphatic carbocycles. The Labute approximate surface area is 109 Å². The van der Waals surface area contributed by atoms with Crippen LogP contribution in [-0.4, -0.2) is 0 Å². The van der Waals surface area contributed by atoms with Gasteiger partial charge in [0.25, 0.3) is 0 Å². The van der Waals surface area contributed by atoms with E-state index in [0.717, 1.165) is 12.8 Å². The maximum atomic E-state index is 2.30. The van der Waals surface area contributed by atoms with Crippen molar-refractivity contribution in [1.29, 1.82) is 0 Å². The van der Waals surface area contributed by atoms with E-state index < -0.39 is 0 Å². The minimum absolute atomic E-state index is 1.16. The highest BCUT2D eigenvalue weighted by Crippen LogP contribution is 2.34. The molecule has 1 aliphatic rings. The van der Waals surface area contributed by atoms with Crippen molar-refractivity contribution in [3.05, 3.63) is 58.7 Å². The van der Waals surface area contributed by atoms with Crippen molar-refractivity contribution in [2.24, 2.45) is 0 Å². The van der Waals surface area contributed by atoms with Crippen molar-refractivity contribution in [2.45, 2.75) is 26.7 Å². The molecule has 0 aliphatic heterocycles. The summed E-state index contributed by atoms with van der Waals surface area (Å²) in [5.41, 5.74) is 5.79. The number of hydrogen-bond donors (Lipinski definition) is 0. The number of fused-ring (bicyclic) bond motifs is 3. The molecule has 0 fully saturated rings. The van der Waals surface area contributed by atoms with Crippen molar-refractivity contribution in [3.63, 3.8) is 0 Å². The maximum Gasteiger partial charge on any atom is -0.0106 e. The van der Waals surface area contributed by atoms with E-state index in [1.165, 1.54) is 33.0 Å². The first kappa shape index (κ1) is 11.3. The first-order valence-electron chi connectivity index (χ1n) is 6.66. The van der Waals surface area contributed by atoms with Crippen molar-refractivity contribution >= 4 is 22.9 Å². The zero-order chi connectivity index (χ0) is 12.5. The van der Waals surface area contributed by atoms with Crippen LogP contribution in [0.4, 0.5) is 0 Å². The molecule has 90 valence electrons. The molecule has 2 aromatic carbocycles. The second-order valence-electron chi connectivity index (χ2n) is 4.92. The topological polar surface area (TPSA) is 0 Å². The Morgan fingerprint density at radius 1 is 1.11 bits per heavy atom. The van der Waals surface area contributed by atoms with Crippen LogP contribution in [0.15, 0.2) is 36.4 Å². The molecule has 0 atom stereocenters. The van der Waals surface area contributed by atoms with Crippen LogP contribution in [0.3, 0.4) is 0 Å². The fourth-order valence-corrected chi connectivity index (χ4v) is 3.00. The van der Waals surface area contributed by atoms with Crippen molar-refractivity contribution in [1.82, 2.24) is 0 Å². The van der Waals surface area contributed by atoms with Crippen molar-refractivity contribution < 1.29 is 0 Å². The number of benzene rings is 2. The minimum Gasteiger partial charge on any atom is -0.0870 e. The molecule has 0 spiro atoms. The molecule has 0 heteroatoms. The van der Waals surface area contributed by atoms with Crippen molar-refractivity contribution in [2.75, 3.05) is 0 Å². The molecule has 0 nitrogen and oxygen atoms in total. The Morgan fingerprint density at radius 3 is 2.67 bits per heavy atom. The van der Waals surface area contributed by atoms with Crippen LogP contribution >= 0.6 is 0 Å². The molecule has 0 radical (unpaired) electrons. The van der Waals surface area contributed by atoms with Gasteiger partial charge in [0.15, 0.2) is 0 Å².